The summed E-state index contributed by atoms with van der Waals surface area (Å²) in [6, 6.07) is 10.4. The van der Waals surface area contributed by atoms with E-state index in [1.807, 2.05) is 39.0 Å². The Morgan fingerprint density at radius 1 is 1.00 bits per heavy atom. The summed E-state index contributed by atoms with van der Waals surface area (Å²) >= 11 is 0. The second-order valence-electron chi connectivity index (χ2n) is 6.16. The first-order valence-electron chi connectivity index (χ1n) is 8.79. The molecule has 0 saturated carbocycles. The monoisotopic (exact) mass is 361 g/mol. The highest BCUT2D eigenvalue weighted by molar-refractivity contribution is 7.92. The Morgan fingerprint density at radius 3 is 2.08 bits per heavy atom. The van der Waals surface area contributed by atoms with Crippen molar-refractivity contribution in [3.05, 3.63) is 53.1 Å². The van der Waals surface area contributed by atoms with Gasteiger partial charge in [0.1, 0.15) is 5.75 Å². The number of nitrogens with zero attached hydrogens (tertiary/aromatic N) is 1. The van der Waals surface area contributed by atoms with E-state index in [9.17, 15) is 13.5 Å². The Labute approximate surface area is 151 Å². The number of hydrogen-bond acceptors (Lipinski definition) is 3. The van der Waals surface area contributed by atoms with Crippen molar-refractivity contribution in [1.82, 2.24) is 0 Å². The Kier molecular flexibility index (Phi) is 6.11. The molecule has 0 amide bonds. The maximum atomic E-state index is 13.4. The second kappa shape index (κ2) is 7.91. The van der Waals surface area contributed by atoms with Gasteiger partial charge in [0, 0.05) is 6.54 Å². The third-order valence-electron chi connectivity index (χ3n) is 4.40. The molecule has 0 saturated heterocycles. The van der Waals surface area contributed by atoms with Gasteiger partial charge in [-0.2, -0.15) is 0 Å². The highest BCUT2D eigenvalue weighted by Gasteiger charge is 2.27. The van der Waals surface area contributed by atoms with Crippen molar-refractivity contribution in [3.63, 3.8) is 0 Å². The van der Waals surface area contributed by atoms with Crippen LogP contribution in [0, 0.1) is 6.92 Å². The van der Waals surface area contributed by atoms with Crippen molar-refractivity contribution in [2.24, 2.45) is 0 Å². The van der Waals surface area contributed by atoms with E-state index in [4.69, 9.17) is 0 Å². The molecule has 0 heterocycles. The van der Waals surface area contributed by atoms with Crippen molar-refractivity contribution < 1.29 is 13.5 Å². The number of benzene rings is 2. The number of para-hydroxylation sites is 1. The predicted molar refractivity (Wildman–Crippen MR) is 103 cm³/mol. The molecule has 0 fully saturated rings. The van der Waals surface area contributed by atoms with Gasteiger partial charge in [-0.15, -0.1) is 0 Å². The molecule has 0 aromatic heterocycles. The molecule has 0 radical (unpaired) electrons. The molecule has 0 aliphatic rings. The molecule has 25 heavy (non-hydrogen) atoms. The van der Waals surface area contributed by atoms with Gasteiger partial charge < -0.3 is 5.11 Å². The fourth-order valence-corrected chi connectivity index (χ4v) is 4.72. The predicted octanol–water partition coefficient (Wildman–Crippen LogP) is 4.43. The summed E-state index contributed by atoms with van der Waals surface area (Å²) in [5.74, 6) is 0.101. The lowest BCUT2D eigenvalue weighted by molar-refractivity contribution is 0.470. The number of aryl methyl sites for hydroxylation is 3. The van der Waals surface area contributed by atoms with Gasteiger partial charge in [-0.25, -0.2) is 8.42 Å². The number of phenolic OH excluding ortho intramolecular Hbond substituents is 1. The van der Waals surface area contributed by atoms with Gasteiger partial charge in [-0.1, -0.05) is 39.0 Å². The minimum absolute atomic E-state index is 0.101. The summed E-state index contributed by atoms with van der Waals surface area (Å²) in [7, 11) is -3.70. The van der Waals surface area contributed by atoms with E-state index in [0.717, 1.165) is 36.1 Å². The molecule has 4 nitrogen and oxygen atoms in total. The van der Waals surface area contributed by atoms with Crippen LogP contribution in [0.3, 0.4) is 0 Å². The molecule has 5 heteroatoms. The van der Waals surface area contributed by atoms with Crippen molar-refractivity contribution in [2.75, 3.05) is 10.8 Å². The van der Waals surface area contributed by atoms with Crippen LogP contribution in [0.25, 0.3) is 0 Å². The summed E-state index contributed by atoms with van der Waals surface area (Å²) in [6.45, 7) is 8.19. The maximum absolute atomic E-state index is 13.4. The smallest absolute Gasteiger partial charge is 0.264 e. The zero-order chi connectivity index (χ0) is 18.6. The average molecular weight is 362 g/mol. The molecule has 0 aliphatic heterocycles. The van der Waals surface area contributed by atoms with Gasteiger partial charge in [-0.05, 0) is 61.1 Å². The third kappa shape index (κ3) is 3.82. The molecule has 0 bridgehead atoms. The molecule has 2 rings (SSSR count). The van der Waals surface area contributed by atoms with E-state index < -0.39 is 10.0 Å². The third-order valence-corrected chi connectivity index (χ3v) is 6.19. The van der Waals surface area contributed by atoms with Gasteiger partial charge in [0.2, 0.25) is 0 Å². The summed E-state index contributed by atoms with van der Waals surface area (Å²) in [4.78, 5) is 0.212. The fourth-order valence-electron chi connectivity index (χ4n) is 3.01. The van der Waals surface area contributed by atoms with Crippen LogP contribution in [0.15, 0.2) is 41.3 Å². The molecule has 0 aliphatic carbocycles. The fraction of sp³-hybridized carbons (Fsp3) is 0.400. The Hall–Kier alpha value is -2.01. The van der Waals surface area contributed by atoms with E-state index in [1.165, 1.54) is 22.5 Å². The van der Waals surface area contributed by atoms with E-state index in [1.54, 1.807) is 6.92 Å². The van der Waals surface area contributed by atoms with Crippen LogP contribution in [-0.4, -0.2) is 20.1 Å². The van der Waals surface area contributed by atoms with E-state index in [2.05, 4.69) is 0 Å². The number of rotatable bonds is 7. The SMILES string of the molecule is CCCN(c1c(CC)cccc1CC)S(=O)(=O)c1ccc(O)c(C)c1. The van der Waals surface area contributed by atoms with Crippen LogP contribution in [0.1, 0.15) is 43.9 Å². The molecule has 2 aromatic carbocycles. The summed E-state index contributed by atoms with van der Waals surface area (Å²) < 4.78 is 28.3. The highest BCUT2D eigenvalue weighted by atomic mass is 32.2. The molecule has 0 spiro atoms. The molecular weight excluding hydrogens is 334 g/mol. The highest BCUT2D eigenvalue weighted by Crippen LogP contribution is 2.33. The van der Waals surface area contributed by atoms with E-state index >= 15 is 0 Å². The second-order valence-corrected chi connectivity index (χ2v) is 8.02. The Bertz CT molecular complexity index is 822. The van der Waals surface area contributed by atoms with Crippen LogP contribution in [0.5, 0.6) is 5.75 Å². The zero-order valence-corrected chi connectivity index (χ0v) is 16.2. The van der Waals surface area contributed by atoms with Crippen molar-refractivity contribution in [2.45, 2.75) is 51.9 Å². The first kappa shape index (κ1) is 19.3. The minimum Gasteiger partial charge on any atom is -0.508 e. The Morgan fingerprint density at radius 2 is 1.60 bits per heavy atom. The zero-order valence-electron chi connectivity index (χ0n) is 15.4. The van der Waals surface area contributed by atoms with Gasteiger partial charge in [0.15, 0.2) is 0 Å². The summed E-state index contributed by atoms with van der Waals surface area (Å²) in [5.41, 5.74) is 3.43. The van der Waals surface area contributed by atoms with Crippen LogP contribution >= 0.6 is 0 Å². The number of sulfonamides is 1. The summed E-state index contributed by atoms with van der Waals surface area (Å²) in [5, 5.41) is 9.72. The summed E-state index contributed by atoms with van der Waals surface area (Å²) in [6.07, 6.45) is 2.26. The van der Waals surface area contributed by atoms with Gasteiger partial charge >= 0.3 is 0 Å². The van der Waals surface area contributed by atoms with Gasteiger partial charge in [0.25, 0.3) is 10.0 Å². The maximum Gasteiger partial charge on any atom is 0.264 e. The largest absolute Gasteiger partial charge is 0.508 e. The van der Waals surface area contributed by atoms with Crippen LogP contribution < -0.4 is 4.31 Å². The average Bonchev–Trinajstić information content (AvgIpc) is 2.61. The minimum atomic E-state index is -3.70. The first-order chi connectivity index (χ1) is 11.9. The number of hydrogen-bond donors (Lipinski definition) is 1. The molecule has 136 valence electrons. The van der Waals surface area contributed by atoms with Crippen LogP contribution in [-0.2, 0) is 22.9 Å². The van der Waals surface area contributed by atoms with Gasteiger partial charge in [-0.3, -0.25) is 4.31 Å². The van der Waals surface area contributed by atoms with Crippen LogP contribution in [0.4, 0.5) is 5.69 Å². The van der Waals surface area contributed by atoms with E-state index in [-0.39, 0.29) is 10.6 Å². The molecular formula is C20H27NO3S. The van der Waals surface area contributed by atoms with Crippen molar-refractivity contribution in [3.8, 4) is 5.75 Å². The number of phenols is 1. The lowest BCUT2D eigenvalue weighted by Crippen LogP contribution is -2.33. The molecule has 1 N–H and O–H groups in total. The Balaban J connectivity index is 2.67. The lowest BCUT2D eigenvalue weighted by Gasteiger charge is -2.28. The molecule has 0 unspecified atom stereocenters. The molecule has 0 atom stereocenters. The normalized spacial score (nSPS) is 11.5. The quantitative estimate of drug-likeness (QED) is 0.793. The van der Waals surface area contributed by atoms with Gasteiger partial charge in [0.05, 0.1) is 10.6 Å². The number of aromatic hydroxyl groups is 1. The lowest BCUT2D eigenvalue weighted by atomic mass is 10.0. The van der Waals surface area contributed by atoms with Crippen molar-refractivity contribution in [1.29, 1.82) is 0 Å². The number of anilines is 1. The van der Waals surface area contributed by atoms with E-state index in [0.29, 0.717) is 12.1 Å². The van der Waals surface area contributed by atoms with Crippen LogP contribution in [0.2, 0.25) is 0 Å². The first-order valence-corrected chi connectivity index (χ1v) is 10.2. The standard InChI is InChI=1S/C20H27NO3S/c1-5-13-21(20-16(6-2)9-8-10-17(20)7-3)25(23,24)18-11-12-19(22)15(4)14-18/h8-12,14,22H,5-7,13H2,1-4H3. The topological polar surface area (TPSA) is 57.6 Å². The molecule has 2 aromatic rings. The van der Waals surface area contributed by atoms with Crippen molar-refractivity contribution >= 4 is 15.7 Å².